The molecule has 2 rings (SSSR count). The number of benzene rings is 1. The molecule has 1 N–H and O–H groups in total. The van der Waals surface area contributed by atoms with E-state index in [1.807, 2.05) is 25.3 Å². The van der Waals surface area contributed by atoms with E-state index >= 15 is 0 Å². The maximum Gasteiger partial charge on any atom is 0.203 e. The Balaban J connectivity index is 2.15. The summed E-state index contributed by atoms with van der Waals surface area (Å²) < 4.78 is 0. The van der Waals surface area contributed by atoms with Crippen molar-refractivity contribution >= 4 is 45.4 Å². The van der Waals surface area contributed by atoms with Crippen LogP contribution in [0.2, 0.25) is 10.0 Å². The van der Waals surface area contributed by atoms with E-state index in [-0.39, 0.29) is 0 Å². The molecule has 2 aromatic rings. The molecule has 6 heteroatoms. The molecule has 0 fully saturated rings. The van der Waals surface area contributed by atoms with E-state index < -0.39 is 0 Å². The van der Waals surface area contributed by atoms with Crippen molar-refractivity contribution in [3.05, 3.63) is 44.9 Å². The summed E-state index contributed by atoms with van der Waals surface area (Å²) in [6, 6.07) is 5.42. The lowest BCUT2D eigenvalue weighted by Gasteiger charge is -2.03. The number of hydrazone groups is 1. The maximum atomic E-state index is 5.96. The molecule has 18 heavy (non-hydrogen) atoms. The van der Waals surface area contributed by atoms with Gasteiger partial charge in [0.15, 0.2) is 0 Å². The maximum absolute atomic E-state index is 5.96. The molecule has 0 aliphatic rings. The Morgan fingerprint density at radius 2 is 2.11 bits per heavy atom. The number of aromatic nitrogens is 1. The average molecular weight is 300 g/mol. The van der Waals surface area contributed by atoms with Crippen molar-refractivity contribution in [1.29, 1.82) is 0 Å². The van der Waals surface area contributed by atoms with Crippen LogP contribution in [0.1, 0.15) is 18.2 Å². The third-order valence-electron chi connectivity index (χ3n) is 2.28. The van der Waals surface area contributed by atoms with Crippen LogP contribution in [-0.4, -0.2) is 10.7 Å². The third kappa shape index (κ3) is 3.22. The fourth-order valence-corrected chi connectivity index (χ4v) is 2.25. The molecule has 94 valence electrons. The molecule has 0 aliphatic heterocycles. The van der Waals surface area contributed by atoms with Gasteiger partial charge in [-0.1, -0.05) is 29.3 Å². The second kappa shape index (κ2) is 5.69. The molecule has 1 aromatic carbocycles. The second-order valence-corrected chi connectivity index (χ2v) is 5.40. The highest BCUT2D eigenvalue weighted by atomic mass is 35.5. The highest BCUT2D eigenvalue weighted by Gasteiger charge is 2.03. The molecule has 0 unspecified atom stereocenters. The number of nitrogens with zero attached hydrogens (tertiary/aromatic N) is 2. The van der Waals surface area contributed by atoms with Crippen LogP contribution in [0.4, 0.5) is 5.13 Å². The zero-order valence-corrected chi connectivity index (χ0v) is 12.2. The van der Waals surface area contributed by atoms with Crippen LogP contribution in [0.3, 0.4) is 0 Å². The molecule has 0 saturated carbocycles. The van der Waals surface area contributed by atoms with Crippen molar-refractivity contribution in [2.24, 2.45) is 5.10 Å². The van der Waals surface area contributed by atoms with Gasteiger partial charge in [0.1, 0.15) is 0 Å². The minimum atomic E-state index is 0.522. The Labute approximate surface area is 119 Å². The zero-order chi connectivity index (χ0) is 13.1. The Bertz CT molecular complexity index is 593. The predicted octanol–water partition coefficient (Wildman–Crippen LogP) is 4.59. The molecule has 0 spiro atoms. The SMILES string of the molecule is C/C(=N\Nc1nc(C)cs1)c1ccc(Cl)c(Cl)c1. The first kappa shape index (κ1) is 13.3. The van der Waals surface area contributed by atoms with Gasteiger partial charge in [-0.05, 0) is 31.5 Å². The van der Waals surface area contributed by atoms with E-state index in [1.165, 1.54) is 11.3 Å². The van der Waals surface area contributed by atoms with Crippen LogP contribution in [-0.2, 0) is 0 Å². The fourth-order valence-electron chi connectivity index (χ4n) is 1.32. The van der Waals surface area contributed by atoms with Gasteiger partial charge in [-0.3, -0.25) is 5.43 Å². The molecule has 1 heterocycles. The largest absolute Gasteiger partial charge is 0.252 e. The first-order chi connectivity index (χ1) is 8.56. The lowest BCUT2D eigenvalue weighted by Crippen LogP contribution is -1.99. The summed E-state index contributed by atoms with van der Waals surface area (Å²) in [4.78, 5) is 4.26. The molecular weight excluding hydrogens is 289 g/mol. The lowest BCUT2D eigenvalue weighted by atomic mass is 10.1. The van der Waals surface area contributed by atoms with Crippen LogP contribution < -0.4 is 5.43 Å². The molecule has 0 amide bonds. The van der Waals surface area contributed by atoms with Gasteiger partial charge in [0.2, 0.25) is 5.13 Å². The van der Waals surface area contributed by atoms with Crippen molar-refractivity contribution < 1.29 is 0 Å². The molecule has 0 bridgehead atoms. The van der Waals surface area contributed by atoms with Crippen LogP contribution >= 0.6 is 34.5 Å². The Morgan fingerprint density at radius 1 is 1.33 bits per heavy atom. The van der Waals surface area contributed by atoms with Crippen molar-refractivity contribution in [1.82, 2.24) is 4.98 Å². The minimum absolute atomic E-state index is 0.522. The number of thiazole rings is 1. The summed E-state index contributed by atoms with van der Waals surface area (Å²) in [6.45, 7) is 3.84. The van der Waals surface area contributed by atoms with Crippen molar-refractivity contribution in [2.45, 2.75) is 13.8 Å². The normalized spacial score (nSPS) is 11.7. The third-order valence-corrected chi connectivity index (χ3v) is 3.88. The molecular formula is C12H11Cl2N3S. The van der Waals surface area contributed by atoms with Gasteiger partial charge in [0.05, 0.1) is 21.5 Å². The van der Waals surface area contributed by atoms with Gasteiger partial charge in [0.25, 0.3) is 0 Å². The zero-order valence-electron chi connectivity index (χ0n) is 9.87. The van der Waals surface area contributed by atoms with E-state index in [2.05, 4.69) is 15.5 Å². The van der Waals surface area contributed by atoms with Crippen LogP contribution in [0.5, 0.6) is 0 Å². The van der Waals surface area contributed by atoms with Gasteiger partial charge in [-0.15, -0.1) is 11.3 Å². The van der Waals surface area contributed by atoms with E-state index in [0.717, 1.165) is 22.1 Å². The molecule has 0 radical (unpaired) electrons. The molecule has 3 nitrogen and oxygen atoms in total. The van der Waals surface area contributed by atoms with Gasteiger partial charge in [0, 0.05) is 5.38 Å². The average Bonchev–Trinajstić information content (AvgIpc) is 2.75. The van der Waals surface area contributed by atoms with Gasteiger partial charge < -0.3 is 0 Å². The van der Waals surface area contributed by atoms with E-state index in [9.17, 15) is 0 Å². The van der Waals surface area contributed by atoms with E-state index in [0.29, 0.717) is 10.0 Å². The summed E-state index contributed by atoms with van der Waals surface area (Å²) >= 11 is 13.3. The number of rotatable bonds is 3. The lowest BCUT2D eigenvalue weighted by molar-refractivity contribution is 1.21. The summed E-state index contributed by atoms with van der Waals surface area (Å²) in [7, 11) is 0. The van der Waals surface area contributed by atoms with Gasteiger partial charge in [-0.2, -0.15) is 5.10 Å². The predicted molar refractivity (Wildman–Crippen MR) is 79.1 cm³/mol. The van der Waals surface area contributed by atoms with Crippen molar-refractivity contribution in [3.63, 3.8) is 0 Å². The standard InChI is InChI=1S/C12H11Cl2N3S/c1-7-6-18-12(15-7)17-16-8(2)9-3-4-10(13)11(14)5-9/h3-6H,1-2H3,(H,15,17)/b16-8+. The molecule has 0 atom stereocenters. The highest BCUT2D eigenvalue weighted by Crippen LogP contribution is 2.23. The Kier molecular flexibility index (Phi) is 4.22. The first-order valence-electron chi connectivity index (χ1n) is 5.24. The number of hydrogen-bond acceptors (Lipinski definition) is 4. The number of aryl methyl sites for hydroxylation is 1. The minimum Gasteiger partial charge on any atom is -0.252 e. The number of hydrogen-bond donors (Lipinski definition) is 1. The van der Waals surface area contributed by atoms with E-state index in [4.69, 9.17) is 23.2 Å². The summed E-state index contributed by atoms with van der Waals surface area (Å²) in [5.74, 6) is 0. The van der Waals surface area contributed by atoms with Crippen molar-refractivity contribution in [3.8, 4) is 0 Å². The molecule has 1 aromatic heterocycles. The second-order valence-electron chi connectivity index (χ2n) is 3.73. The van der Waals surface area contributed by atoms with Gasteiger partial charge >= 0.3 is 0 Å². The molecule has 0 saturated heterocycles. The summed E-state index contributed by atoms with van der Waals surface area (Å²) in [5.41, 5.74) is 5.64. The smallest absolute Gasteiger partial charge is 0.203 e. The van der Waals surface area contributed by atoms with Crippen LogP contribution in [0.15, 0.2) is 28.7 Å². The fraction of sp³-hybridized carbons (Fsp3) is 0.167. The number of nitrogens with one attached hydrogen (secondary N) is 1. The number of anilines is 1. The van der Waals surface area contributed by atoms with Crippen LogP contribution in [0.25, 0.3) is 0 Å². The quantitative estimate of drug-likeness (QED) is 0.664. The topological polar surface area (TPSA) is 37.3 Å². The Hall–Kier alpha value is -1.10. The van der Waals surface area contributed by atoms with E-state index in [1.54, 1.807) is 12.1 Å². The van der Waals surface area contributed by atoms with Crippen molar-refractivity contribution in [2.75, 3.05) is 5.43 Å². The summed E-state index contributed by atoms with van der Waals surface area (Å²) in [5, 5.41) is 8.06. The molecule has 0 aliphatic carbocycles. The first-order valence-corrected chi connectivity index (χ1v) is 6.87. The summed E-state index contributed by atoms with van der Waals surface area (Å²) in [6.07, 6.45) is 0. The van der Waals surface area contributed by atoms with Gasteiger partial charge in [-0.25, -0.2) is 4.98 Å². The van der Waals surface area contributed by atoms with Crippen LogP contribution in [0, 0.1) is 6.92 Å². The highest BCUT2D eigenvalue weighted by molar-refractivity contribution is 7.13. The number of halogens is 2. The monoisotopic (exact) mass is 299 g/mol. The Morgan fingerprint density at radius 3 is 2.72 bits per heavy atom.